The van der Waals surface area contributed by atoms with Crippen molar-refractivity contribution < 1.29 is 18.8 Å². The number of carbonyl (C=O) groups is 2. The van der Waals surface area contributed by atoms with E-state index in [9.17, 15) is 9.59 Å². The maximum absolute atomic E-state index is 13.0. The summed E-state index contributed by atoms with van der Waals surface area (Å²) in [6, 6.07) is 0. The van der Waals surface area contributed by atoms with E-state index < -0.39 is 0 Å². The van der Waals surface area contributed by atoms with Gasteiger partial charge in [0.25, 0.3) is 0 Å². The van der Waals surface area contributed by atoms with Crippen molar-refractivity contribution in [1.82, 2.24) is 15.0 Å². The van der Waals surface area contributed by atoms with E-state index in [1.807, 2.05) is 18.7 Å². The molecule has 0 radical (unpaired) electrons. The first-order valence-electron chi connectivity index (χ1n) is 10.1. The first kappa shape index (κ1) is 18.5. The Morgan fingerprint density at radius 2 is 2.15 bits per heavy atom. The summed E-state index contributed by atoms with van der Waals surface area (Å²) in [5.41, 5.74) is 1.53. The third kappa shape index (κ3) is 3.74. The van der Waals surface area contributed by atoms with Crippen LogP contribution in [0.2, 0.25) is 0 Å². The minimum atomic E-state index is -0.338. The lowest BCUT2D eigenvalue weighted by molar-refractivity contribution is -0.138. The van der Waals surface area contributed by atoms with Crippen molar-refractivity contribution in [2.75, 3.05) is 32.8 Å². The fraction of sp³-hybridized carbons (Fsp3) is 0.750. The first-order chi connectivity index (χ1) is 13.0. The standard InChI is InChI=1S/C20H29N3O4/c1-14-17(15(2)27-21-14)5-6-18(24)22-9-7-19(25)23(11-16-3-4-16)20(12-22)8-10-26-13-20/h16H,3-13H2,1-2H3. The largest absolute Gasteiger partial charge is 0.379 e. The van der Waals surface area contributed by atoms with Crippen LogP contribution in [-0.2, 0) is 20.7 Å². The number of carbonyl (C=O) groups excluding carboxylic acids is 2. The molecule has 3 aliphatic rings. The van der Waals surface area contributed by atoms with E-state index in [0.29, 0.717) is 51.5 Å². The van der Waals surface area contributed by atoms with Crippen LogP contribution in [0.4, 0.5) is 0 Å². The lowest BCUT2D eigenvalue weighted by Crippen LogP contribution is -2.57. The Bertz CT molecular complexity index is 699. The molecule has 3 heterocycles. The molecular weight excluding hydrogens is 346 g/mol. The molecule has 27 heavy (non-hydrogen) atoms. The molecular formula is C20H29N3O4. The average molecular weight is 375 g/mol. The first-order valence-corrected chi connectivity index (χ1v) is 10.1. The van der Waals surface area contributed by atoms with E-state index in [-0.39, 0.29) is 17.4 Å². The van der Waals surface area contributed by atoms with E-state index in [1.165, 1.54) is 12.8 Å². The van der Waals surface area contributed by atoms with Crippen molar-refractivity contribution in [3.63, 3.8) is 0 Å². The normalized spacial score (nSPS) is 26.1. The molecule has 0 aromatic carbocycles. The monoisotopic (exact) mass is 375 g/mol. The molecule has 2 saturated heterocycles. The highest BCUT2D eigenvalue weighted by molar-refractivity contribution is 5.81. The molecule has 1 aromatic rings. The summed E-state index contributed by atoms with van der Waals surface area (Å²) in [6.07, 6.45) is 4.68. The van der Waals surface area contributed by atoms with Crippen LogP contribution >= 0.6 is 0 Å². The van der Waals surface area contributed by atoms with Crippen LogP contribution in [0.5, 0.6) is 0 Å². The summed E-state index contributed by atoms with van der Waals surface area (Å²) < 4.78 is 10.9. The lowest BCUT2D eigenvalue weighted by Gasteiger charge is -2.40. The number of nitrogens with zero attached hydrogens (tertiary/aromatic N) is 3. The van der Waals surface area contributed by atoms with Gasteiger partial charge in [-0.1, -0.05) is 5.16 Å². The zero-order chi connectivity index (χ0) is 19.0. The number of ether oxygens (including phenoxy) is 1. The Labute approximate surface area is 160 Å². The molecule has 7 heteroatoms. The van der Waals surface area contributed by atoms with E-state index in [4.69, 9.17) is 9.26 Å². The molecule has 7 nitrogen and oxygen atoms in total. The Morgan fingerprint density at radius 3 is 2.78 bits per heavy atom. The third-order valence-electron chi connectivity index (χ3n) is 6.30. The minimum Gasteiger partial charge on any atom is -0.379 e. The fourth-order valence-corrected chi connectivity index (χ4v) is 4.40. The van der Waals surface area contributed by atoms with E-state index in [2.05, 4.69) is 10.1 Å². The summed E-state index contributed by atoms with van der Waals surface area (Å²) >= 11 is 0. The molecule has 1 aliphatic carbocycles. The van der Waals surface area contributed by atoms with Gasteiger partial charge in [0.15, 0.2) is 0 Å². The summed E-state index contributed by atoms with van der Waals surface area (Å²) in [6.45, 7) is 6.90. The Hall–Kier alpha value is -1.89. The highest BCUT2D eigenvalue weighted by Gasteiger charge is 2.48. The van der Waals surface area contributed by atoms with Gasteiger partial charge in [0.05, 0.1) is 17.8 Å². The lowest BCUT2D eigenvalue weighted by atomic mass is 9.94. The van der Waals surface area contributed by atoms with Crippen molar-refractivity contribution in [1.29, 1.82) is 0 Å². The van der Waals surface area contributed by atoms with Crippen LogP contribution in [-0.4, -0.2) is 65.2 Å². The number of aromatic nitrogens is 1. The molecule has 0 N–H and O–H groups in total. The maximum atomic E-state index is 13.0. The summed E-state index contributed by atoms with van der Waals surface area (Å²) in [4.78, 5) is 29.8. The fourth-order valence-electron chi connectivity index (χ4n) is 4.40. The number of rotatable bonds is 5. The number of hydrogen-bond acceptors (Lipinski definition) is 5. The van der Waals surface area contributed by atoms with E-state index >= 15 is 0 Å². The average Bonchev–Trinajstić information content (AvgIpc) is 3.29. The summed E-state index contributed by atoms with van der Waals surface area (Å²) in [5, 5.41) is 3.97. The van der Waals surface area contributed by atoms with Gasteiger partial charge in [-0.3, -0.25) is 9.59 Å². The summed E-state index contributed by atoms with van der Waals surface area (Å²) in [7, 11) is 0. The molecule has 1 saturated carbocycles. The second kappa shape index (κ2) is 7.26. The zero-order valence-corrected chi connectivity index (χ0v) is 16.3. The van der Waals surface area contributed by atoms with Crippen LogP contribution in [0.1, 0.15) is 49.1 Å². The van der Waals surface area contributed by atoms with Crippen molar-refractivity contribution in [3.8, 4) is 0 Å². The smallest absolute Gasteiger partial charge is 0.224 e. The molecule has 4 rings (SSSR count). The van der Waals surface area contributed by atoms with Crippen LogP contribution in [0.15, 0.2) is 4.52 Å². The van der Waals surface area contributed by atoms with Gasteiger partial charge in [-0.25, -0.2) is 0 Å². The predicted octanol–water partition coefficient (Wildman–Crippen LogP) is 1.85. The van der Waals surface area contributed by atoms with Gasteiger partial charge in [0.2, 0.25) is 11.8 Å². The molecule has 1 aromatic heterocycles. The zero-order valence-electron chi connectivity index (χ0n) is 16.3. The highest BCUT2D eigenvalue weighted by Crippen LogP contribution is 2.37. The van der Waals surface area contributed by atoms with Crippen molar-refractivity contribution >= 4 is 11.8 Å². The van der Waals surface area contributed by atoms with Crippen molar-refractivity contribution in [2.24, 2.45) is 5.92 Å². The minimum absolute atomic E-state index is 0.0994. The molecule has 1 unspecified atom stereocenters. The Balaban J connectivity index is 1.46. The second-order valence-electron chi connectivity index (χ2n) is 8.34. The van der Waals surface area contributed by atoms with Crippen LogP contribution in [0.25, 0.3) is 0 Å². The molecule has 148 valence electrons. The Morgan fingerprint density at radius 1 is 1.33 bits per heavy atom. The van der Waals surface area contributed by atoms with Gasteiger partial charge in [0, 0.05) is 44.6 Å². The van der Waals surface area contributed by atoms with E-state index in [1.54, 1.807) is 0 Å². The molecule has 1 spiro atoms. The molecule has 2 amide bonds. The second-order valence-corrected chi connectivity index (χ2v) is 8.34. The van der Waals surface area contributed by atoms with Gasteiger partial charge in [-0.2, -0.15) is 0 Å². The quantitative estimate of drug-likeness (QED) is 0.785. The van der Waals surface area contributed by atoms with Gasteiger partial charge in [-0.15, -0.1) is 0 Å². The van der Waals surface area contributed by atoms with Crippen molar-refractivity contribution in [2.45, 2.75) is 57.9 Å². The molecule has 2 aliphatic heterocycles. The summed E-state index contributed by atoms with van der Waals surface area (Å²) in [5.74, 6) is 1.69. The molecule has 3 fully saturated rings. The maximum Gasteiger partial charge on any atom is 0.224 e. The Kier molecular flexibility index (Phi) is 4.97. The number of aryl methyl sites for hydroxylation is 2. The van der Waals surface area contributed by atoms with Crippen LogP contribution in [0.3, 0.4) is 0 Å². The van der Waals surface area contributed by atoms with Crippen LogP contribution < -0.4 is 0 Å². The van der Waals surface area contributed by atoms with E-state index in [0.717, 1.165) is 30.0 Å². The molecule has 0 bridgehead atoms. The topological polar surface area (TPSA) is 75.9 Å². The number of hydrogen-bond donors (Lipinski definition) is 0. The highest BCUT2D eigenvalue weighted by atomic mass is 16.5. The third-order valence-corrected chi connectivity index (χ3v) is 6.30. The SMILES string of the molecule is Cc1noc(C)c1CCC(=O)N1CCC(=O)N(CC2CC2)C2(CCOC2)C1. The number of amides is 2. The van der Waals surface area contributed by atoms with Gasteiger partial charge < -0.3 is 19.1 Å². The van der Waals surface area contributed by atoms with Crippen molar-refractivity contribution in [3.05, 3.63) is 17.0 Å². The molecule has 1 atom stereocenters. The van der Waals surface area contributed by atoms with Crippen LogP contribution in [0, 0.1) is 19.8 Å². The van der Waals surface area contributed by atoms with Gasteiger partial charge >= 0.3 is 0 Å². The van der Waals surface area contributed by atoms with Gasteiger partial charge in [0.1, 0.15) is 5.76 Å². The predicted molar refractivity (Wildman–Crippen MR) is 98.1 cm³/mol. The van der Waals surface area contributed by atoms with Gasteiger partial charge in [-0.05, 0) is 45.4 Å².